The summed E-state index contributed by atoms with van der Waals surface area (Å²) < 4.78 is 41.6. The van der Waals surface area contributed by atoms with Gasteiger partial charge in [0.2, 0.25) is 0 Å². The average Bonchev–Trinajstić information content (AvgIpc) is 2.95. The van der Waals surface area contributed by atoms with Crippen molar-refractivity contribution in [1.29, 1.82) is 0 Å². The van der Waals surface area contributed by atoms with Crippen LogP contribution in [0.1, 0.15) is 12.0 Å². The summed E-state index contributed by atoms with van der Waals surface area (Å²) in [6.07, 6.45) is 1.53. The largest absolute Gasteiger partial charge is 0.315 e. The van der Waals surface area contributed by atoms with E-state index in [9.17, 15) is 13.2 Å². The zero-order valence-electron chi connectivity index (χ0n) is 12.9. The van der Waals surface area contributed by atoms with E-state index >= 15 is 0 Å². The van der Waals surface area contributed by atoms with Gasteiger partial charge in [0.1, 0.15) is 17.5 Å². The Bertz CT molecular complexity index is 682. The maximum atomic E-state index is 14.8. The second-order valence-electron chi connectivity index (χ2n) is 5.89. The molecule has 0 aliphatic carbocycles. The van der Waals surface area contributed by atoms with E-state index in [1.807, 2.05) is 7.05 Å². The first-order valence-electron chi connectivity index (χ1n) is 7.73. The first-order valence-corrected chi connectivity index (χ1v) is 7.73. The van der Waals surface area contributed by atoms with E-state index in [1.54, 1.807) is 18.2 Å². The molecule has 2 aromatic carbocycles. The Morgan fingerprint density at radius 3 is 2.57 bits per heavy atom. The lowest BCUT2D eigenvalue weighted by Crippen LogP contribution is -2.40. The third-order valence-corrected chi connectivity index (χ3v) is 4.41. The lowest BCUT2D eigenvalue weighted by molar-refractivity contribution is 0.470. The predicted molar refractivity (Wildman–Crippen MR) is 84.7 cm³/mol. The normalized spacial score (nSPS) is 20.9. The molecule has 2 N–H and O–H groups in total. The van der Waals surface area contributed by atoms with Crippen LogP contribution in [0.2, 0.25) is 0 Å². The van der Waals surface area contributed by atoms with Gasteiger partial charge in [-0.1, -0.05) is 18.2 Å². The highest BCUT2D eigenvalue weighted by Gasteiger charge is 2.26. The SMILES string of the molecule is CNC1CCNC1Cc1cccc(-c2cc(F)cc(F)c2)c1F. The molecule has 1 heterocycles. The minimum absolute atomic E-state index is 0.147. The minimum atomic E-state index is -0.711. The van der Waals surface area contributed by atoms with Gasteiger partial charge in [0.25, 0.3) is 0 Å². The Hall–Kier alpha value is -1.85. The van der Waals surface area contributed by atoms with Crippen molar-refractivity contribution in [2.75, 3.05) is 13.6 Å². The van der Waals surface area contributed by atoms with Crippen molar-refractivity contribution in [2.45, 2.75) is 24.9 Å². The summed E-state index contributed by atoms with van der Waals surface area (Å²) in [5, 5.41) is 6.59. The summed E-state index contributed by atoms with van der Waals surface area (Å²) in [6.45, 7) is 0.895. The second kappa shape index (κ2) is 6.72. The van der Waals surface area contributed by atoms with Crippen LogP contribution in [0.25, 0.3) is 11.1 Å². The molecule has 1 aliphatic rings. The van der Waals surface area contributed by atoms with Gasteiger partial charge in [-0.25, -0.2) is 13.2 Å². The maximum Gasteiger partial charge on any atom is 0.134 e. The third-order valence-electron chi connectivity index (χ3n) is 4.41. The number of rotatable bonds is 4. The molecule has 2 unspecified atom stereocenters. The van der Waals surface area contributed by atoms with Crippen molar-refractivity contribution < 1.29 is 13.2 Å². The molecule has 3 rings (SSSR count). The lowest BCUT2D eigenvalue weighted by atomic mass is 9.96. The topological polar surface area (TPSA) is 24.1 Å². The molecule has 1 saturated heterocycles. The lowest BCUT2D eigenvalue weighted by Gasteiger charge is -2.20. The first kappa shape index (κ1) is 16.0. The molecular weight excluding hydrogens is 301 g/mol. The monoisotopic (exact) mass is 320 g/mol. The fourth-order valence-corrected chi connectivity index (χ4v) is 3.23. The number of halogens is 3. The molecule has 2 aromatic rings. The summed E-state index contributed by atoms with van der Waals surface area (Å²) in [6, 6.07) is 8.51. The molecule has 1 fully saturated rings. The quantitative estimate of drug-likeness (QED) is 0.903. The number of benzene rings is 2. The molecule has 5 heteroatoms. The summed E-state index contributed by atoms with van der Waals surface area (Å²) >= 11 is 0. The number of likely N-dealkylation sites (N-methyl/N-ethyl adjacent to an activating group) is 1. The molecule has 0 bridgehead atoms. The zero-order chi connectivity index (χ0) is 16.4. The highest BCUT2D eigenvalue weighted by atomic mass is 19.1. The zero-order valence-corrected chi connectivity index (χ0v) is 12.9. The molecule has 1 aliphatic heterocycles. The number of hydrogen-bond donors (Lipinski definition) is 2. The van der Waals surface area contributed by atoms with Crippen molar-refractivity contribution in [3.05, 3.63) is 59.4 Å². The van der Waals surface area contributed by atoms with Crippen molar-refractivity contribution in [2.24, 2.45) is 0 Å². The highest BCUT2D eigenvalue weighted by Crippen LogP contribution is 2.27. The van der Waals surface area contributed by atoms with Crippen molar-refractivity contribution in [3.63, 3.8) is 0 Å². The molecule has 122 valence electrons. The summed E-state index contributed by atoms with van der Waals surface area (Å²) in [5.74, 6) is -1.84. The van der Waals surface area contributed by atoms with Gasteiger partial charge >= 0.3 is 0 Å². The summed E-state index contributed by atoms with van der Waals surface area (Å²) in [4.78, 5) is 0. The molecule has 0 amide bonds. The standard InChI is InChI=1S/C18H19F3N2/c1-22-16-5-6-23-17(16)9-11-3-2-4-15(18(11)21)12-7-13(19)10-14(20)8-12/h2-4,7-8,10,16-17,22-23H,5-6,9H2,1H3. The Kier molecular flexibility index (Phi) is 4.68. The summed E-state index contributed by atoms with van der Waals surface area (Å²) in [5.41, 5.74) is 0.984. The molecule has 0 spiro atoms. The Balaban J connectivity index is 1.92. The fourth-order valence-electron chi connectivity index (χ4n) is 3.23. The molecule has 2 nitrogen and oxygen atoms in total. The van der Waals surface area contributed by atoms with Crippen LogP contribution in [0.4, 0.5) is 13.2 Å². The first-order chi connectivity index (χ1) is 11.1. The molecular formula is C18H19F3N2. The predicted octanol–water partition coefficient (Wildman–Crippen LogP) is 3.26. The van der Waals surface area contributed by atoms with Crippen LogP contribution in [0.5, 0.6) is 0 Å². The van der Waals surface area contributed by atoms with E-state index in [0.717, 1.165) is 31.2 Å². The third kappa shape index (κ3) is 3.41. The van der Waals surface area contributed by atoms with E-state index in [-0.39, 0.29) is 17.2 Å². The Labute approximate surface area is 133 Å². The number of hydrogen-bond acceptors (Lipinski definition) is 2. The van der Waals surface area contributed by atoms with Gasteiger partial charge in [0.15, 0.2) is 0 Å². The van der Waals surface area contributed by atoms with Crippen LogP contribution in [0.3, 0.4) is 0 Å². The van der Waals surface area contributed by atoms with Crippen LogP contribution in [0, 0.1) is 17.5 Å². The molecule has 0 radical (unpaired) electrons. The van der Waals surface area contributed by atoms with Gasteiger partial charge in [-0.2, -0.15) is 0 Å². The smallest absolute Gasteiger partial charge is 0.134 e. The van der Waals surface area contributed by atoms with Crippen LogP contribution >= 0.6 is 0 Å². The van der Waals surface area contributed by atoms with Crippen molar-refractivity contribution in [3.8, 4) is 11.1 Å². The van der Waals surface area contributed by atoms with E-state index in [2.05, 4.69) is 10.6 Å². The van der Waals surface area contributed by atoms with Crippen LogP contribution in [-0.4, -0.2) is 25.7 Å². The Morgan fingerprint density at radius 2 is 1.87 bits per heavy atom. The minimum Gasteiger partial charge on any atom is -0.315 e. The second-order valence-corrected chi connectivity index (χ2v) is 5.89. The van der Waals surface area contributed by atoms with Crippen LogP contribution in [0.15, 0.2) is 36.4 Å². The van der Waals surface area contributed by atoms with E-state index in [4.69, 9.17) is 0 Å². The summed E-state index contributed by atoms with van der Waals surface area (Å²) in [7, 11) is 1.90. The van der Waals surface area contributed by atoms with Crippen molar-refractivity contribution >= 4 is 0 Å². The average molecular weight is 320 g/mol. The van der Waals surface area contributed by atoms with Gasteiger partial charge in [-0.05, 0) is 49.7 Å². The molecule has 0 aromatic heterocycles. The molecule has 23 heavy (non-hydrogen) atoms. The number of nitrogens with one attached hydrogen (secondary N) is 2. The molecule has 2 atom stereocenters. The van der Waals surface area contributed by atoms with Gasteiger partial charge in [0, 0.05) is 23.7 Å². The van der Waals surface area contributed by atoms with E-state index in [1.165, 1.54) is 0 Å². The van der Waals surface area contributed by atoms with Gasteiger partial charge in [-0.3, -0.25) is 0 Å². The maximum absolute atomic E-state index is 14.8. The molecule has 0 saturated carbocycles. The van der Waals surface area contributed by atoms with Gasteiger partial charge < -0.3 is 10.6 Å². The van der Waals surface area contributed by atoms with Crippen LogP contribution in [-0.2, 0) is 6.42 Å². The van der Waals surface area contributed by atoms with Gasteiger partial charge in [0.05, 0.1) is 0 Å². The van der Waals surface area contributed by atoms with Crippen LogP contribution < -0.4 is 10.6 Å². The fraction of sp³-hybridized carbons (Fsp3) is 0.333. The Morgan fingerprint density at radius 1 is 1.13 bits per heavy atom. The van der Waals surface area contributed by atoms with Gasteiger partial charge in [-0.15, -0.1) is 0 Å². The van der Waals surface area contributed by atoms with Crippen molar-refractivity contribution in [1.82, 2.24) is 10.6 Å². The highest BCUT2D eigenvalue weighted by molar-refractivity contribution is 5.65. The van der Waals surface area contributed by atoms with E-state index < -0.39 is 17.5 Å². The van der Waals surface area contributed by atoms with E-state index in [0.29, 0.717) is 18.0 Å².